The van der Waals surface area contributed by atoms with Crippen LogP contribution in [0.5, 0.6) is 0 Å². The van der Waals surface area contributed by atoms with Gasteiger partial charge in [0.15, 0.2) is 5.16 Å². The van der Waals surface area contributed by atoms with Gasteiger partial charge in [0, 0.05) is 24.2 Å². The highest BCUT2D eigenvalue weighted by Crippen LogP contribution is 2.08. The lowest BCUT2D eigenvalue weighted by Gasteiger charge is -2.01. The number of hydrogen-bond acceptors (Lipinski definition) is 5. The van der Waals surface area contributed by atoms with E-state index >= 15 is 0 Å². The van der Waals surface area contributed by atoms with Gasteiger partial charge in [0.05, 0.1) is 18.3 Å². The van der Waals surface area contributed by atoms with Crippen LogP contribution in [0.4, 0.5) is 0 Å². The van der Waals surface area contributed by atoms with Gasteiger partial charge in [0.1, 0.15) is 0 Å². The van der Waals surface area contributed by atoms with Crippen LogP contribution in [-0.2, 0) is 6.54 Å². The predicted octanol–water partition coefficient (Wildman–Crippen LogP) is 1.14. The van der Waals surface area contributed by atoms with Crippen LogP contribution in [-0.4, -0.2) is 37.1 Å². The minimum atomic E-state index is -0.981. The molecule has 0 aliphatic rings. The fourth-order valence-corrected chi connectivity index (χ4v) is 1.59. The van der Waals surface area contributed by atoms with Crippen molar-refractivity contribution in [3.8, 4) is 0 Å². The largest absolute Gasteiger partial charge is 0.478 e. The maximum atomic E-state index is 10.7. The van der Waals surface area contributed by atoms with E-state index in [1.165, 1.54) is 24.2 Å². The number of carboxylic acids is 1. The Hall–Kier alpha value is -1.89. The van der Waals surface area contributed by atoms with Gasteiger partial charge in [-0.1, -0.05) is 11.8 Å². The molecule has 2 aromatic rings. The third kappa shape index (κ3) is 2.82. The van der Waals surface area contributed by atoms with Crippen LogP contribution in [0.25, 0.3) is 0 Å². The van der Waals surface area contributed by atoms with Crippen LogP contribution >= 0.6 is 11.8 Å². The van der Waals surface area contributed by atoms with Crippen LogP contribution in [0, 0.1) is 0 Å². The average molecular weight is 250 g/mol. The topological polar surface area (TPSA) is 80.9 Å². The molecule has 2 aromatic heterocycles. The minimum Gasteiger partial charge on any atom is -0.478 e. The lowest BCUT2D eigenvalue weighted by atomic mass is 10.3. The molecule has 0 radical (unpaired) electrons. The number of carboxylic acid groups (broad SMARTS) is 1. The Morgan fingerprint density at radius 3 is 2.65 bits per heavy atom. The van der Waals surface area contributed by atoms with E-state index in [1.54, 1.807) is 17.1 Å². The number of aromatic nitrogens is 4. The maximum Gasteiger partial charge on any atom is 0.338 e. The highest BCUT2D eigenvalue weighted by molar-refractivity contribution is 7.98. The van der Waals surface area contributed by atoms with Gasteiger partial charge in [-0.2, -0.15) is 5.10 Å². The van der Waals surface area contributed by atoms with Gasteiger partial charge < -0.3 is 5.11 Å². The summed E-state index contributed by atoms with van der Waals surface area (Å²) in [4.78, 5) is 18.9. The van der Waals surface area contributed by atoms with E-state index in [1.807, 2.05) is 6.26 Å². The first-order chi connectivity index (χ1) is 8.19. The van der Waals surface area contributed by atoms with E-state index in [-0.39, 0.29) is 5.56 Å². The second-order valence-corrected chi connectivity index (χ2v) is 4.08. The number of hydrogen-bond donors (Lipinski definition) is 1. The molecule has 2 rings (SSSR count). The van der Waals surface area contributed by atoms with Gasteiger partial charge in [0.2, 0.25) is 0 Å². The molecule has 6 nitrogen and oxygen atoms in total. The van der Waals surface area contributed by atoms with Crippen LogP contribution in [0.2, 0.25) is 0 Å². The lowest BCUT2D eigenvalue weighted by Crippen LogP contribution is -2.02. The van der Waals surface area contributed by atoms with E-state index in [9.17, 15) is 4.79 Å². The summed E-state index contributed by atoms with van der Waals surface area (Å²) in [6.07, 6.45) is 8.12. The molecule has 0 saturated heterocycles. The first-order valence-corrected chi connectivity index (χ1v) is 6.02. The van der Waals surface area contributed by atoms with Gasteiger partial charge in [-0.15, -0.1) is 0 Å². The van der Waals surface area contributed by atoms with Crippen molar-refractivity contribution in [2.75, 3.05) is 6.26 Å². The van der Waals surface area contributed by atoms with Crippen LogP contribution in [0.3, 0.4) is 0 Å². The summed E-state index contributed by atoms with van der Waals surface area (Å²) >= 11 is 1.47. The average Bonchev–Trinajstić information content (AvgIpc) is 2.79. The first-order valence-electron chi connectivity index (χ1n) is 4.79. The van der Waals surface area contributed by atoms with Crippen molar-refractivity contribution in [2.45, 2.75) is 11.7 Å². The number of nitrogens with zero attached hydrogens (tertiary/aromatic N) is 4. The molecule has 7 heteroatoms. The van der Waals surface area contributed by atoms with E-state index in [0.29, 0.717) is 11.7 Å². The van der Waals surface area contributed by atoms with Crippen molar-refractivity contribution in [1.82, 2.24) is 19.7 Å². The van der Waals surface area contributed by atoms with Crippen molar-refractivity contribution in [3.63, 3.8) is 0 Å². The molecular weight excluding hydrogens is 240 g/mol. The quantitative estimate of drug-likeness (QED) is 0.647. The zero-order valence-electron chi connectivity index (χ0n) is 9.07. The summed E-state index contributed by atoms with van der Waals surface area (Å²) in [5, 5.41) is 13.4. The summed E-state index contributed by atoms with van der Waals surface area (Å²) in [7, 11) is 0. The lowest BCUT2D eigenvalue weighted by molar-refractivity contribution is 0.0697. The van der Waals surface area contributed by atoms with Gasteiger partial charge in [-0.3, -0.25) is 4.68 Å². The molecule has 0 aliphatic carbocycles. The molecule has 0 amide bonds. The minimum absolute atomic E-state index is 0.173. The molecule has 0 bridgehead atoms. The molecule has 0 aliphatic heterocycles. The summed E-state index contributed by atoms with van der Waals surface area (Å²) in [5.41, 5.74) is 1.05. The van der Waals surface area contributed by atoms with Crippen LogP contribution in [0.15, 0.2) is 29.9 Å². The zero-order chi connectivity index (χ0) is 12.3. The number of thioether (sulfide) groups is 1. The van der Waals surface area contributed by atoms with Crippen molar-refractivity contribution in [1.29, 1.82) is 0 Å². The Morgan fingerprint density at radius 2 is 2.12 bits per heavy atom. The number of rotatable bonds is 4. The molecule has 0 saturated carbocycles. The fourth-order valence-electron chi connectivity index (χ4n) is 1.28. The van der Waals surface area contributed by atoms with E-state index in [2.05, 4.69) is 15.1 Å². The van der Waals surface area contributed by atoms with E-state index < -0.39 is 5.97 Å². The maximum absolute atomic E-state index is 10.7. The molecule has 1 N–H and O–H groups in total. The summed E-state index contributed by atoms with van der Waals surface area (Å²) in [6.45, 7) is 0.460. The molecular formula is C10H10N4O2S. The second-order valence-electron chi connectivity index (χ2n) is 3.31. The SMILES string of the molecule is CSc1ncc(Cn2cc(C(=O)O)cn2)cn1. The molecule has 2 heterocycles. The summed E-state index contributed by atoms with van der Waals surface area (Å²) < 4.78 is 1.54. The number of carbonyl (C=O) groups is 1. The normalized spacial score (nSPS) is 10.4. The molecule has 0 unspecified atom stereocenters. The molecule has 0 atom stereocenters. The third-order valence-corrected chi connectivity index (χ3v) is 2.66. The van der Waals surface area contributed by atoms with Gasteiger partial charge >= 0.3 is 5.97 Å². The van der Waals surface area contributed by atoms with Crippen LogP contribution in [0.1, 0.15) is 15.9 Å². The van der Waals surface area contributed by atoms with E-state index in [0.717, 1.165) is 5.56 Å². The van der Waals surface area contributed by atoms with Crippen molar-refractivity contribution in [3.05, 3.63) is 35.9 Å². The Balaban J connectivity index is 2.11. The molecule has 0 aromatic carbocycles. The Bertz CT molecular complexity index is 523. The van der Waals surface area contributed by atoms with E-state index in [4.69, 9.17) is 5.11 Å². The Morgan fingerprint density at radius 1 is 1.41 bits per heavy atom. The van der Waals surface area contributed by atoms with Crippen molar-refractivity contribution >= 4 is 17.7 Å². The highest BCUT2D eigenvalue weighted by atomic mass is 32.2. The standard InChI is InChI=1S/C10H10N4O2S/c1-17-10-11-2-7(3-12-10)5-14-6-8(4-13-14)9(15)16/h2-4,6H,5H2,1H3,(H,15,16). The third-order valence-electron chi connectivity index (χ3n) is 2.09. The number of aromatic carboxylic acids is 1. The molecule has 17 heavy (non-hydrogen) atoms. The van der Waals surface area contributed by atoms with Gasteiger partial charge in [-0.25, -0.2) is 14.8 Å². The fraction of sp³-hybridized carbons (Fsp3) is 0.200. The van der Waals surface area contributed by atoms with Gasteiger partial charge in [-0.05, 0) is 6.26 Å². The summed E-state index contributed by atoms with van der Waals surface area (Å²) in [6, 6.07) is 0. The molecule has 88 valence electrons. The molecule has 0 spiro atoms. The second kappa shape index (κ2) is 4.96. The van der Waals surface area contributed by atoms with Crippen molar-refractivity contribution < 1.29 is 9.90 Å². The summed E-state index contributed by atoms with van der Waals surface area (Å²) in [5.74, 6) is -0.981. The molecule has 0 fully saturated rings. The van der Waals surface area contributed by atoms with Gasteiger partial charge in [0.25, 0.3) is 0 Å². The Labute approximate surface area is 102 Å². The smallest absolute Gasteiger partial charge is 0.338 e. The Kier molecular flexibility index (Phi) is 3.38. The zero-order valence-corrected chi connectivity index (χ0v) is 9.89. The predicted molar refractivity (Wildman–Crippen MR) is 62.1 cm³/mol. The van der Waals surface area contributed by atoms with Crippen molar-refractivity contribution in [2.24, 2.45) is 0 Å². The highest BCUT2D eigenvalue weighted by Gasteiger charge is 2.06. The first kappa shape index (κ1) is 11.6. The van der Waals surface area contributed by atoms with Crippen LogP contribution < -0.4 is 0 Å². The monoisotopic (exact) mass is 250 g/mol.